The summed E-state index contributed by atoms with van der Waals surface area (Å²) in [4.78, 5) is 0. The highest BCUT2D eigenvalue weighted by molar-refractivity contribution is 5.51. The molecule has 1 nitrogen and oxygen atoms in total. The van der Waals surface area contributed by atoms with Gasteiger partial charge in [-0.05, 0) is 66.6 Å². The van der Waals surface area contributed by atoms with E-state index in [1.807, 2.05) is 6.92 Å². The van der Waals surface area contributed by atoms with Crippen LogP contribution in [0.25, 0.3) is 0 Å². The maximum Gasteiger partial charge on any atom is 0.123 e. The number of fused-ring (bicyclic) bond motifs is 1. The standard InChI is InChI=1S/C17H18FN/c1-12-9-16(18)7-8-17(12)19-11-13-5-6-14-3-2-4-15(14)10-13/h5-10,19H,2-4,11H2,1H3. The molecule has 0 heterocycles. The quantitative estimate of drug-likeness (QED) is 0.865. The molecule has 0 aliphatic heterocycles. The van der Waals surface area contributed by atoms with Crippen LogP contribution in [-0.2, 0) is 19.4 Å². The maximum atomic E-state index is 13.0. The van der Waals surface area contributed by atoms with Gasteiger partial charge >= 0.3 is 0 Å². The van der Waals surface area contributed by atoms with Gasteiger partial charge in [-0.15, -0.1) is 0 Å². The lowest BCUT2D eigenvalue weighted by Gasteiger charge is -2.10. The Bertz CT molecular complexity index is 604. The van der Waals surface area contributed by atoms with Gasteiger partial charge in [-0.1, -0.05) is 18.2 Å². The van der Waals surface area contributed by atoms with Gasteiger partial charge in [-0.25, -0.2) is 4.39 Å². The van der Waals surface area contributed by atoms with Gasteiger partial charge < -0.3 is 5.32 Å². The van der Waals surface area contributed by atoms with Crippen molar-refractivity contribution in [2.45, 2.75) is 32.7 Å². The predicted octanol–water partition coefficient (Wildman–Crippen LogP) is 4.23. The molecule has 3 rings (SSSR count). The van der Waals surface area contributed by atoms with Crippen LogP contribution in [0.3, 0.4) is 0 Å². The number of nitrogens with one attached hydrogen (secondary N) is 1. The first kappa shape index (κ1) is 12.2. The van der Waals surface area contributed by atoms with Crippen molar-refractivity contribution in [3.8, 4) is 0 Å². The monoisotopic (exact) mass is 255 g/mol. The molecule has 2 aromatic rings. The van der Waals surface area contributed by atoms with Crippen LogP contribution in [0.2, 0.25) is 0 Å². The SMILES string of the molecule is Cc1cc(F)ccc1NCc1ccc2c(c1)CCC2. The van der Waals surface area contributed by atoms with Crippen LogP contribution >= 0.6 is 0 Å². The van der Waals surface area contributed by atoms with E-state index in [1.165, 1.54) is 42.0 Å². The summed E-state index contributed by atoms with van der Waals surface area (Å²) in [7, 11) is 0. The van der Waals surface area contributed by atoms with Crippen molar-refractivity contribution in [2.24, 2.45) is 0 Å². The summed E-state index contributed by atoms with van der Waals surface area (Å²) in [5.74, 6) is -0.180. The van der Waals surface area contributed by atoms with Crippen molar-refractivity contribution in [3.63, 3.8) is 0 Å². The highest BCUT2D eigenvalue weighted by Crippen LogP contribution is 2.23. The van der Waals surface area contributed by atoms with Crippen molar-refractivity contribution >= 4 is 5.69 Å². The Morgan fingerprint density at radius 1 is 1.05 bits per heavy atom. The summed E-state index contributed by atoms with van der Waals surface area (Å²) >= 11 is 0. The molecule has 0 radical (unpaired) electrons. The van der Waals surface area contributed by atoms with E-state index in [1.54, 1.807) is 12.1 Å². The average molecular weight is 255 g/mol. The van der Waals surface area contributed by atoms with Crippen molar-refractivity contribution in [1.82, 2.24) is 0 Å². The first-order valence-electron chi connectivity index (χ1n) is 6.83. The lowest BCUT2D eigenvalue weighted by atomic mass is 10.1. The minimum atomic E-state index is -0.180. The van der Waals surface area contributed by atoms with Crippen LogP contribution in [0.4, 0.5) is 10.1 Å². The van der Waals surface area contributed by atoms with E-state index in [0.29, 0.717) is 0 Å². The van der Waals surface area contributed by atoms with Gasteiger partial charge in [0, 0.05) is 12.2 Å². The van der Waals surface area contributed by atoms with Crippen LogP contribution in [0, 0.1) is 12.7 Å². The molecule has 0 amide bonds. The molecule has 98 valence electrons. The lowest BCUT2D eigenvalue weighted by Crippen LogP contribution is -2.02. The van der Waals surface area contributed by atoms with E-state index in [2.05, 4.69) is 23.5 Å². The van der Waals surface area contributed by atoms with Gasteiger partial charge in [0.05, 0.1) is 0 Å². The summed E-state index contributed by atoms with van der Waals surface area (Å²) in [5, 5.41) is 3.38. The zero-order valence-corrected chi connectivity index (χ0v) is 11.2. The molecule has 0 saturated carbocycles. The predicted molar refractivity (Wildman–Crippen MR) is 76.9 cm³/mol. The molecule has 0 atom stereocenters. The molecule has 1 aliphatic carbocycles. The van der Waals surface area contributed by atoms with Crippen molar-refractivity contribution in [1.29, 1.82) is 0 Å². The first-order valence-corrected chi connectivity index (χ1v) is 6.83. The fourth-order valence-electron chi connectivity index (χ4n) is 2.76. The fourth-order valence-corrected chi connectivity index (χ4v) is 2.76. The molecule has 0 saturated heterocycles. The van der Waals surface area contributed by atoms with Crippen LogP contribution in [0.5, 0.6) is 0 Å². The van der Waals surface area contributed by atoms with Gasteiger partial charge in [-0.2, -0.15) is 0 Å². The molecule has 1 N–H and O–H groups in total. The molecule has 2 heteroatoms. The Labute approximate surface area is 113 Å². The van der Waals surface area contributed by atoms with E-state index in [-0.39, 0.29) is 5.82 Å². The Morgan fingerprint density at radius 2 is 1.89 bits per heavy atom. The average Bonchev–Trinajstić information content (AvgIpc) is 2.85. The van der Waals surface area contributed by atoms with E-state index >= 15 is 0 Å². The molecule has 19 heavy (non-hydrogen) atoms. The molecule has 1 aliphatic rings. The molecule has 0 bridgehead atoms. The summed E-state index contributed by atoms with van der Waals surface area (Å²) < 4.78 is 13.0. The maximum absolute atomic E-state index is 13.0. The number of halogens is 1. The lowest BCUT2D eigenvalue weighted by molar-refractivity contribution is 0.627. The van der Waals surface area contributed by atoms with Crippen molar-refractivity contribution < 1.29 is 4.39 Å². The van der Waals surface area contributed by atoms with E-state index in [4.69, 9.17) is 0 Å². The zero-order chi connectivity index (χ0) is 13.2. The molecule has 0 fully saturated rings. The second-order valence-electron chi connectivity index (χ2n) is 5.27. The largest absolute Gasteiger partial charge is 0.381 e. The Balaban J connectivity index is 1.72. The highest BCUT2D eigenvalue weighted by Gasteiger charge is 2.10. The number of benzene rings is 2. The minimum Gasteiger partial charge on any atom is -0.381 e. The van der Waals surface area contributed by atoms with Gasteiger partial charge in [0.1, 0.15) is 5.82 Å². The topological polar surface area (TPSA) is 12.0 Å². The Morgan fingerprint density at radius 3 is 2.74 bits per heavy atom. The number of hydrogen-bond donors (Lipinski definition) is 1. The second kappa shape index (κ2) is 5.04. The summed E-state index contributed by atoms with van der Waals surface area (Å²) in [6.45, 7) is 2.72. The smallest absolute Gasteiger partial charge is 0.123 e. The number of aryl methyl sites for hydroxylation is 3. The second-order valence-corrected chi connectivity index (χ2v) is 5.27. The first-order chi connectivity index (χ1) is 9.22. The molecule has 2 aromatic carbocycles. The van der Waals surface area contributed by atoms with Crippen LogP contribution in [0.1, 0.15) is 28.7 Å². The fraction of sp³-hybridized carbons (Fsp3) is 0.294. The van der Waals surface area contributed by atoms with E-state index < -0.39 is 0 Å². The molecular weight excluding hydrogens is 237 g/mol. The Kier molecular flexibility index (Phi) is 3.24. The van der Waals surface area contributed by atoms with E-state index in [0.717, 1.165) is 17.8 Å². The van der Waals surface area contributed by atoms with Crippen LogP contribution < -0.4 is 5.32 Å². The van der Waals surface area contributed by atoms with Gasteiger partial charge in [0.2, 0.25) is 0 Å². The third-order valence-electron chi connectivity index (χ3n) is 3.83. The van der Waals surface area contributed by atoms with Crippen LogP contribution in [-0.4, -0.2) is 0 Å². The molecular formula is C17H18FN. The summed E-state index contributed by atoms with van der Waals surface area (Å²) in [5.41, 5.74) is 6.24. The van der Waals surface area contributed by atoms with Gasteiger partial charge in [0.25, 0.3) is 0 Å². The van der Waals surface area contributed by atoms with Gasteiger partial charge in [0.15, 0.2) is 0 Å². The normalized spacial score (nSPS) is 13.4. The van der Waals surface area contributed by atoms with Gasteiger partial charge in [-0.3, -0.25) is 0 Å². The molecule has 0 spiro atoms. The van der Waals surface area contributed by atoms with Crippen molar-refractivity contribution in [2.75, 3.05) is 5.32 Å². The molecule has 0 unspecified atom stereocenters. The Hall–Kier alpha value is -1.83. The highest BCUT2D eigenvalue weighted by atomic mass is 19.1. The minimum absolute atomic E-state index is 0.180. The summed E-state index contributed by atoms with van der Waals surface area (Å²) in [6, 6.07) is 11.6. The number of anilines is 1. The van der Waals surface area contributed by atoms with Crippen LogP contribution in [0.15, 0.2) is 36.4 Å². The summed E-state index contributed by atoms with van der Waals surface area (Å²) in [6.07, 6.45) is 3.71. The molecule has 0 aromatic heterocycles. The third kappa shape index (κ3) is 2.62. The number of hydrogen-bond acceptors (Lipinski definition) is 1. The zero-order valence-electron chi connectivity index (χ0n) is 11.2. The van der Waals surface area contributed by atoms with E-state index in [9.17, 15) is 4.39 Å². The third-order valence-corrected chi connectivity index (χ3v) is 3.83. The van der Waals surface area contributed by atoms with Crippen molar-refractivity contribution in [3.05, 3.63) is 64.5 Å². The number of rotatable bonds is 3.